The lowest BCUT2D eigenvalue weighted by Gasteiger charge is -2.10. The minimum Gasteiger partial charge on any atom is -0.312 e. The zero-order valence-corrected chi connectivity index (χ0v) is 14.8. The Morgan fingerprint density at radius 3 is 2.80 bits per heavy atom. The molecule has 116 valence electrons. The molecule has 0 fully saturated rings. The van der Waals surface area contributed by atoms with E-state index in [2.05, 4.69) is 17.0 Å². The van der Waals surface area contributed by atoms with Gasteiger partial charge in [-0.2, -0.15) is 11.8 Å². The van der Waals surface area contributed by atoms with Crippen molar-refractivity contribution in [2.24, 2.45) is 5.92 Å². The molecule has 0 aliphatic heterocycles. The summed E-state index contributed by atoms with van der Waals surface area (Å²) in [6.45, 7) is 6.33. The second kappa shape index (κ2) is 9.04. The van der Waals surface area contributed by atoms with Gasteiger partial charge in [0.15, 0.2) is 0 Å². The third-order valence-electron chi connectivity index (χ3n) is 2.70. The highest BCUT2D eigenvalue weighted by Crippen LogP contribution is 2.21. The molecule has 1 aromatic rings. The van der Waals surface area contributed by atoms with Gasteiger partial charge in [0, 0.05) is 18.0 Å². The Labute approximate surface area is 130 Å². The first kappa shape index (κ1) is 18.0. The van der Waals surface area contributed by atoms with Gasteiger partial charge in [0.25, 0.3) is 0 Å². The number of thioether (sulfide) groups is 1. The van der Waals surface area contributed by atoms with Gasteiger partial charge in [-0.05, 0) is 43.0 Å². The Morgan fingerprint density at radius 1 is 1.40 bits per heavy atom. The highest BCUT2D eigenvalue weighted by molar-refractivity contribution is 7.98. The molecule has 4 nitrogen and oxygen atoms in total. The quantitative estimate of drug-likeness (QED) is 0.645. The van der Waals surface area contributed by atoms with Gasteiger partial charge in [0.1, 0.15) is 4.21 Å². The summed E-state index contributed by atoms with van der Waals surface area (Å²) in [5.41, 5.74) is 0. The maximum absolute atomic E-state index is 12.2. The minimum absolute atomic E-state index is 0.338. The summed E-state index contributed by atoms with van der Waals surface area (Å²) in [7, 11) is -3.35. The van der Waals surface area contributed by atoms with E-state index >= 15 is 0 Å². The van der Waals surface area contributed by atoms with Crippen molar-refractivity contribution in [2.45, 2.75) is 31.0 Å². The maximum Gasteiger partial charge on any atom is 0.250 e. The third-order valence-corrected chi connectivity index (χ3v) is 6.60. The van der Waals surface area contributed by atoms with Crippen molar-refractivity contribution in [3.63, 3.8) is 0 Å². The van der Waals surface area contributed by atoms with E-state index in [4.69, 9.17) is 0 Å². The van der Waals surface area contributed by atoms with E-state index in [0.717, 1.165) is 30.1 Å². The number of sulfonamides is 1. The zero-order valence-electron chi connectivity index (χ0n) is 12.3. The molecule has 0 spiro atoms. The SMILES string of the molecule is CCCNCc1ccc(S(=O)(=O)NCC(C)CSC)s1. The number of hydrogen-bond donors (Lipinski definition) is 2. The van der Waals surface area contributed by atoms with E-state index in [-0.39, 0.29) is 0 Å². The van der Waals surface area contributed by atoms with Crippen LogP contribution in [0.5, 0.6) is 0 Å². The molecular weight excluding hydrogens is 312 g/mol. The lowest BCUT2D eigenvalue weighted by atomic mass is 10.2. The molecule has 0 saturated heterocycles. The van der Waals surface area contributed by atoms with Crippen molar-refractivity contribution in [3.05, 3.63) is 17.0 Å². The summed E-state index contributed by atoms with van der Waals surface area (Å²) in [5.74, 6) is 1.30. The molecular formula is C13H24N2O2S3. The molecule has 20 heavy (non-hydrogen) atoms. The van der Waals surface area contributed by atoms with Crippen LogP contribution in [0, 0.1) is 5.92 Å². The Kier molecular flexibility index (Phi) is 8.13. The fraction of sp³-hybridized carbons (Fsp3) is 0.692. The fourth-order valence-corrected chi connectivity index (χ4v) is 4.87. The molecule has 0 aromatic carbocycles. The van der Waals surface area contributed by atoms with E-state index in [1.807, 2.05) is 19.2 Å². The van der Waals surface area contributed by atoms with Crippen molar-refractivity contribution >= 4 is 33.1 Å². The van der Waals surface area contributed by atoms with Crippen LogP contribution in [0.25, 0.3) is 0 Å². The topological polar surface area (TPSA) is 58.2 Å². The van der Waals surface area contributed by atoms with Gasteiger partial charge in [-0.15, -0.1) is 11.3 Å². The number of hydrogen-bond acceptors (Lipinski definition) is 5. The monoisotopic (exact) mass is 336 g/mol. The largest absolute Gasteiger partial charge is 0.312 e. The van der Waals surface area contributed by atoms with E-state index in [0.29, 0.717) is 16.7 Å². The van der Waals surface area contributed by atoms with Gasteiger partial charge in [-0.25, -0.2) is 13.1 Å². The second-order valence-electron chi connectivity index (χ2n) is 4.81. The molecule has 7 heteroatoms. The van der Waals surface area contributed by atoms with Gasteiger partial charge in [0.05, 0.1) is 0 Å². The molecule has 0 bridgehead atoms. The van der Waals surface area contributed by atoms with Gasteiger partial charge >= 0.3 is 0 Å². The molecule has 1 aromatic heterocycles. The standard InChI is InChI=1S/C13H24N2O2S3/c1-4-7-14-9-12-5-6-13(19-12)20(16,17)15-8-11(2)10-18-3/h5-6,11,14-15H,4,7-10H2,1-3H3. The molecule has 2 N–H and O–H groups in total. The van der Waals surface area contributed by atoms with E-state index < -0.39 is 10.0 Å². The van der Waals surface area contributed by atoms with Crippen LogP contribution in [-0.4, -0.2) is 33.5 Å². The number of thiophene rings is 1. The predicted octanol–water partition coefficient (Wildman–Crippen LogP) is 2.53. The molecule has 1 heterocycles. The smallest absolute Gasteiger partial charge is 0.250 e. The number of rotatable bonds is 10. The maximum atomic E-state index is 12.2. The average Bonchev–Trinajstić information content (AvgIpc) is 2.87. The van der Waals surface area contributed by atoms with Crippen LogP contribution in [0.2, 0.25) is 0 Å². The second-order valence-corrected chi connectivity index (χ2v) is 8.88. The first-order chi connectivity index (χ1) is 9.49. The van der Waals surface area contributed by atoms with Crippen LogP contribution in [-0.2, 0) is 16.6 Å². The van der Waals surface area contributed by atoms with Gasteiger partial charge < -0.3 is 5.32 Å². The molecule has 1 rings (SSSR count). The van der Waals surface area contributed by atoms with Crippen molar-refractivity contribution in [1.29, 1.82) is 0 Å². The Morgan fingerprint density at radius 2 is 2.15 bits per heavy atom. The van der Waals surface area contributed by atoms with Crippen LogP contribution in [0.15, 0.2) is 16.3 Å². The van der Waals surface area contributed by atoms with Crippen LogP contribution in [0.4, 0.5) is 0 Å². The first-order valence-corrected chi connectivity index (χ1v) is 10.5. The van der Waals surface area contributed by atoms with Crippen molar-refractivity contribution in [3.8, 4) is 0 Å². The molecule has 1 unspecified atom stereocenters. The first-order valence-electron chi connectivity index (χ1n) is 6.77. The van der Waals surface area contributed by atoms with E-state index in [1.54, 1.807) is 17.8 Å². The highest BCUT2D eigenvalue weighted by atomic mass is 32.2. The molecule has 1 atom stereocenters. The molecule has 0 aliphatic rings. The third kappa shape index (κ3) is 6.13. The zero-order chi connectivity index (χ0) is 15.0. The van der Waals surface area contributed by atoms with E-state index in [1.165, 1.54) is 11.3 Å². The van der Waals surface area contributed by atoms with Crippen molar-refractivity contribution in [2.75, 3.05) is 25.1 Å². The summed E-state index contributed by atoms with van der Waals surface area (Å²) in [6.07, 6.45) is 3.10. The van der Waals surface area contributed by atoms with Gasteiger partial charge in [-0.1, -0.05) is 13.8 Å². The summed E-state index contributed by atoms with van der Waals surface area (Å²) >= 11 is 3.07. The average molecular weight is 337 g/mol. The predicted molar refractivity (Wildman–Crippen MR) is 89.1 cm³/mol. The molecule has 0 amide bonds. The molecule has 0 aliphatic carbocycles. The van der Waals surface area contributed by atoms with Crippen LogP contribution >= 0.6 is 23.1 Å². The van der Waals surface area contributed by atoms with E-state index in [9.17, 15) is 8.42 Å². The highest BCUT2D eigenvalue weighted by Gasteiger charge is 2.17. The summed E-state index contributed by atoms with van der Waals surface area (Å²) in [5, 5.41) is 3.28. The Hall–Kier alpha value is -0.0800. The summed E-state index contributed by atoms with van der Waals surface area (Å²) < 4.78 is 27.4. The lowest BCUT2D eigenvalue weighted by molar-refractivity contribution is 0.564. The van der Waals surface area contributed by atoms with Crippen molar-refractivity contribution < 1.29 is 8.42 Å². The molecule has 0 saturated carbocycles. The lowest BCUT2D eigenvalue weighted by Crippen LogP contribution is -2.28. The number of nitrogens with one attached hydrogen (secondary N) is 2. The van der Waals surface area contributed by atoms with Gasteiger partial charge in [0.2, 0.25) is 10.0 Å². The normalized spacial score (nSPS) is 13.6. The van der Waals surface area contributed by atoms with Crippen LogP contribution in [0.1, 0.15) is 25.1 Å². The Balaban J connectivity index is 2.54. The van der Waals surface area contributed by atoms with Gasteiger partial charge in [-0.3, -0.25) is 0 Å². The van der Waals surface area contributed by atoms with Crippen LogP contribution in [0.3, 0.4) is 0 Å². The van der Waals surface area contributed by atoms with Crippen molar-refractivity contribution in [1.82, 2.24) is 10.0 Å². The Bertz CT molecular complexity index is 486. The molecule has 0 radical (unpaired) electrons. The summed E-state index contributed by atoms with van der Waals surface area (Å²) in [4.78, 5) is 1.05. The minimum atomic E-state index is -3.35. The van der Waals surface area contributed by atoms with Crippen LogP contribution < -0.4 is 10.0 Å². The fourth-order valence-electron chi connectivity index (χ4n) is 1.65. The summed E-state index contributed by atoms with van der Waals surface area (Å²) in [6, 6.07) is 3.57.